The number of hydrogen-bond acceptors (Lipinski definition) is 2. The topological polar surface area (TPSA) is 44.1 Å². The van der Waals surface area contributed by atoms with Crippen molar-refractivity contribution in [1.29, 1.82) is 5.26 Å². The number of nitriles is 1. The Hall–Kier alpha value is -1.04. The van der Waals surface area contributed by atoms with E-state index in [2.05, 4.69) is 19.9 Å². The molecule has 18 heavy (non-hydrogen) atoms. The molecule has 1 amide bonds. The van der Waals surface area contributed by atoms with Crippen LogP contribution in [0.25, 0.3) is 0 Å². The van der Waals surface area contributed by atoms with E-state index < -0.39 is 0 Å². The van der Waals surface area contributed by atoms with Crippen LogP contribution < -0.4 is 0 Å². The molecule has 3 nitrogen and oxygen atoms in total. The molecule has 0 heterocycles. The Morgan fingerprint density at radius 3 is 2.22 bits per heavy atom. The first-order chi connectivity index (χ1) is 8.63. The van der Waals surface area contributed by atoms with Crippen molar-refractivity contribution in [2.45, 2.75) is 46.0 Å². The Kier molecular flexibility index (Phi) is 4.27. The van der Waals surface area contributed by atoms with Gasteiger partial charge in [0.05, 0.1) is 12.5 Å². The second-order valence-electron chi connectivity index (χ2n) is 6.29. The smallest absolute Gasteiger partial charge is 0.226 e. The Balaban J connectivity index is 1.98. The number of nitrogens with zero attached hydrogens (tertiary/aromatic N) is 2. The van der Waals surface area contributed by atoms with Gasteiger partial charge in [-0.25, -0.2) is 0 Å². The van der Waals surface area contributed by atoms with Crippen LogP contribution in [0.15, 0.2) is 0 Å². The Morgan fingerprint density at radius 1 is 1.28 bits per heavy atom. The van der Waals surface area contributed by atoms with Crippen molar-refractivity contribution in [2.24, 2.45) is 23.7 Å². The predicted molar refractivity (Wildman–Crippen MR) is 70.6 cm³/mol. The molecule has 0 aliphatic heterocycles. The van der Waals surface area contributed by atoms with Gasteiger partial charge in [0.2, 0.25) is 5.91 Å². The maximum atomic E-state index is 12.7. The molecule has 0 radical (unpaired) electrons. The van der Waals surface area contributed by atoms with E-state index in [9.17, 15) is 4.79 Å². The summed E-state index contributed by atoms with van der Waals surface area (Å²) in [6.45, 7) is 5.69. The lowest BCUT2D eigenvalue weighted by Gasteiger charge is -2.28. The summed E-state index contributed by atoms with van der Waals surface area (Å²) < 4.78 is 0. The lowest BCUT2D eigenvalue weighted by Crippen LogP contribution is -2.40. The summed E-state index contributed by atoms with van der Waals surface area (Å²) in [5.41, 5.74) is 0. The molecule has 100 valence electrons. The summed E-state index contributed by atoms with van der Waals surface area (Å²) in [7, 11) is 0. The second kappa shape index (κ2) is 5.73. The normalized spacial score (nSPS) is 19.1. The van der Waals surface area contributed by atoms with Crippen molar-refractivity contribution in [1.82, 2.24) is 4.90 Å². The zero-order valence-electron chi connectivity index (χ0n) is 11.6. The van der Waals surface area contributed by atoms with Gasteiger partial charge in [0.1, 0.15) is 0 Å². The molecule has 0 unspecified atom stereocenters. The Bertz CT molecular complexity index is 325. The van der Waals surface area contributed by atoms with Crippen molar-refractivity contribution in [2.75, 3.05) is 13.1 Å². The molecule has 2 rings (SSSR count). The number of amides is 1. The van der Waals surface area contributed by atoms with Crippen LogP contribution in [0.1, 0.15) is 46.0 Å². The van der Waals surface area contributed by atoms with Crippen LogP contribution in [0.2, 0.25) is 0 Å². The van der Waals surface area contributed by atoms with Crippen molar-refractivity contribution in [3.63, 3.8) is 0 Å². The highest BCUT2D eigenvalue weighted by molar-refractivity contribution is 5.80. The van der Waals surface area contributed by atoms with Gasteiger partial charge in [0.25, 0.3) is 0 Å². The fourth-order valence-electron chi connectivity index (χ4n) is 2.83. The van der Waals surface area contributed by atoms with Crippen LogP contribution in [0.5, 0.6) is 0 Å². The first kappa shape index (κ1) is 13.4. The molecule has 0 bridgehead atoms. The molecule has 2 aliphatic rings. The summed E-state index contributed by atoms with van der Waals surface area (Å²) in [4.78, 5) is 14.6. The quantitative estimate of drug-likeness (QED) is 0.695. The molecule has 0 atom stereocenters. The van der Waals surface area contributed by atoms with Crippen LogP contribution in [-0.4, -0.2) is 23.9 Å². The number of carbonyl (C=O) groups excluding carboxylic acids is 1. The molecule has 0 aromatic heterocycles. The van der Waals surface area contributed by atoms with E-state index >= 15 is 0 Å². The van der Waals surface area contributed by atoms with Crippen molar-refractivity contribution in [3.8, 4) is 6.07 Å². The van der Waals surface area contributed by atoms with Crippen molar-refractivity contribution in [3.05, 3.63) is 0 Å². The summed E-state index contributed by atoms with van der Waals surface area (Å²) in [6.07, 6.45) is 5.41. The van der Waals surface area contributed by atoms with E-state index in [1.165, 1.54) is 25.7 Å². The predicted octanol–water partition coefficient (Wildman–Crippen LogP) is 2.82. The Morgan fingerprint density at radius 2 is 1.83 bits per heavy atom. The highest BCUT2D eigenvalue weighted by atomic mass is 16.2. The lowest BCUT2D eigenvalue weighted by atomic mass is 9.95. The highest BCUT2D eigenvalue weighted by Crippen LogP contribution is 2.49. The molecule has 0 N–H and O–H groups in total. The molecule has 0 spiro atoms. The van der Waals surface area contributed by atoms with Gasteiger partial charge in [0.15, 0.2) is 0 Å². The molecular formula is C15H24N2O. The fraction of sp³-hybridized carbons (Fsp3) is 0.867. The van der Waals surface area contributed by atoms with Crippen LogP contribution in [0.4, 0.5) is 0 Å². The molecule has 2 fully saturated rings. The first-order valence-corrected chi connectivity index (χ1v) is 7.29. The molecule has 3 heteroatoms. The average Bonchev–Trinajstić information content (AvgIpc) is 3.16. The molecule has 0 aromatic rings. The average molecular weight is 248 g/mol. The van der Waals surface area contributed by atoms with E-state index in [0.29, 0.717) is 36.6 Å². The van der Waals surface area contributed by atoms with Gasteiger partial charge in [-0.1, -0.05) is 13.8 Å². The lowest BCUT2D eigenvalue weighted by molar-refractivity contribution is -0.137. The van der Waals surface area contributed by atoms with Gasteiger partial charge in [0, 0.05) is 19.0 Å². The number of rotatable bonds is 7. The maximum Gasteiger partial charge on any atom is 0.226 e. The SMILES string of the molecule is CC(C)CN(CCC#N)C(=O)C(C1CC1)C1CC1. The van der Waals surface area contributed by atoms with Gasteiger partial charge in [-0.15, -0.1) is 0 Å². The minimum Gasteiger partial charge on any atom is -0.341 e. The number of hydrogen-bond donors (Lipinski definition) is 0. The van der Waals surface area contributed by atoms with Gasteiger partial charge >= 0.3 is 0 Å². The van der Waals surface area contributed by atoms with Crippen molar-refractivity contribution < 1.29 is 4.79 Å². The molecule has 2 aliphatic carbocycles. The van der Waals surface area contributed by atoms with E-state index in [0.717, 1.165) is 6.54 Å². The van der Waals surface area contributed by atoms with Gasteiger partial charge < -0.3 is 4.90 Å². The number of carbonyl (C=O) groups is 1. The minimum atomic E-state index is 0.280. The standard InChI is InChI=1S/C15H24N2O/c1-11(2)10-17(9-3-8-16)15(18)14(12-4-5-12)13-6-7-13/h11-14H,3-7,9-10H2,1-2H3. The monoisotopic (exact) mass is 248 g/mol. The highest BCUT2D eigenvalue weighted by Gasteiger charge is 2.46. The van der Waals surface area contributed by atoms with Crippen LogP contribution in [0.3, 0.4) is 0 Å². The summed E-state index contributed by atoms with van der Waals surface area (Å²) in [5, 5.41) is 8.72. The molecule has 0 saturated heterocycles. The van der Waals surface area contributed by atoms with Gasteiger partial charge in [-0.2, -0.15) is 5.26 Å². The zero-order valence-corrected chi connectivity index (χ0v) is 11.6. The molecule has 0 aromatic carbocycles. The van der Waals surface area contributed by atoms with Gasteiger partial charge in [-0.3, -0.25) is 4.79 Å². The minimum absolute atomic E-state index is 0.280. The zero-order chi connectivity index (χ0) is 13.1. The first-order valence-electron chi connectivity index (χ1n) is 7.29. The van der Waals surface area contributed by atoms with E-state index in [1.54, 1.807) is 0 Å². The third-order valence-corrected chi connectivity index (χ3v) is 3.94. The maximum absolute atomic E-state index is 12.7. The molecule has 2 saturated carbocycles. The molecular weight excluding hydrogens is 224 g/mol. The van der Waals surface area contributed by atoms with Crippen LogP contribution >= 0.6 is 0 Å². The third-order valence-electron chi connectivity index (χ3n) is 3.94. The van der Waals surface area contributed by atoms with E-state index in [1.807, 2.05) is 4.90 Å². The van der Waals surface area contributed by atoms with Crippen LogP contribution in [0, 0.1) is 35.0 Å². The summed E-state index contributed by atoms with van der Waals surface area (Å²) >= 11 is 0. The van der Waals surface area contributed by atoms with Crippen molar-refractivity contribution >= 4 is 5.91 Å². The fourth-order valence-corrected chi connectivity index (χ4v) is 2.83. The third kappa shape index (κ3) is 3.48. The van der Waals surface area contributed by atoms with Crippen LogP contribution in [-0.2, 0) is 4.79 Å². The van der Waals surface area contributed by atoms with E-state index in [-0.39, 0.29) is 5.92 Å². The summed E-state index contributed by atoms with van der Waals surface area (Å²) in [6, 6.07) is 2.16. The van der Waals surface area contributed by atoms with E-state index in [4.69, 9.17) is 5.26 Å². The second-order valence-corrected chi connectivity index (χ2v) is 6.29. The summed E-state index contributed by atoms with van der Waals surface area (Å²) in [5.74, 6) is 2.40. The Labute approximate surface area is 110 Å². The largest absolute Gasteiger partial charge is 0.341 e. The van der Waals surface area contributed by atoms with Gasteiger partial charge in [-0.05, 0) is 43.4 Å².